The molecule has 112 valence electrons. The summed E-state index contributed by atoms with van der Waals surface area (Å²) in [6.07, 6.45) is 2.39. The Morgan fingerprint density at radius 2 is 2.19 bits per heavy atom. The Balaban J connectivity index is 1.88. The van der Waals surface area contributed by atoms with Crippen molar-refractivity contribution in [2.45, 2.75) is 25.8 Å². The monoisotopic (exact) mass is 285 g/mol. The Bertz CT molecular complexity index is 527. The van der Waals surface area contributed by atoms with E-state index in [0.717, 1.165) is 25.2 Å². The fraction of sp³-hybridized carbons (Fsp3) is 0.471. The van der Waals surface area contributed by atoms with E-state index in [9.17, 15) is 4.79 Å². The molecular weight excluding hydrogens is 262 g/mol. The van der Waals surface area contributed by atoms with Gasteiger partial charge in [-0.15, -0.1) is 0 Å². The van der Waals surface area contributed by atoms with Crippen molar-refractivity contribution in [1.29, 1.82) is 0 Å². The van der Waals surface area contributed by atoms with Crippen molar-refractivity contribution in [3.63, 3.8) is 0 Å². The van der Waals surface area contributed by atoms with Gasteiger partial charge in [0.15, 0.2) is 0 Å². The third-order valence-corrected chi connectivity index (χ3v) is 3.89. The summed E-state index contributed by atoms with van der Waals surface area (Å²) in [6, 6.07) is 7.80. The first-order valence-electron chi connectivity index (χ1n) is 7.56. The molecule has 1 aliphatic rings. The molecule has 4 heteroatoms. The van der Waals surface area contributed by atoms with E-state index in [2.05, 4.69) is 29.0 Å². The van der Waals surface area contributed by atoms with Crippen LogP contribution in [-0.2, 0) is 0 Å². The van der Waals surface area contributed by atoms with Crippen LogP contribution in [0.25, 0.3) is 0 Å². The fourth-order valence-corrected chi connectivity index (χ4v) is 2.71. The van der Waals surface area contributed by atoms with Crippen LogP contribution in [0.15, 0.2) is 24.3 Å². The van der Waals surface area contributed by atoms with Crippen LogP contribution in [0.3, 0.4) is 0 Å². The highest BCUT2D eigenvalue weighted by Crippen LogP contribution is 2.15. The molecular formula is C17H23N3O. The smallest absolute Gasteiger partial charge is 0.251 e. The molecule has 1 amide bonds. The molecule has 1 atom stereocenters. The van der Waals surface area contributed by atoms with Crippen LogP contribution < -0.4 is 11.1 Å². The lowest BCUT2D eigenvalue weighted by atomic mass is 10.1. The van der Waals surface area contributed by atoms with E-state index < -0.39 is 0 Å². The molecule has 0 saturated carbocycles. The lowest BCUT2D eigenvalue weighted by Crippen LogP contribution is -2.40. The molecule has 3 N–H and O–H groups in total. The number of hydrogen-bond donors (Lipinski definition) is 2. The summed E-state index contributed by atoms with van der Waals surface area (Å²) < 4.78 is 0. The lowest BCUT2D eigenvalue weighted by molar-refractivity contribution is 0.0941. The topological polar surface area (TPSA) is 58.4 Å². The number of nitrogens with zero attached hydrogens (tertiary/aromatic N) is 1. The highest BCUT2D eigenvalue weighted by Gasteiger charge is 2.23. The quantitative estimate of drug-likeness (QED) is 0.818. The van der Waals surface area contributed by atoms with Gasteiger partial charge in [-0.3, -0.25) is 9.69 Å². The molecule has 1 aromatic rings. The van der Waals surface area contributed by atoms with Crippen LogP contribution in [0.2, 0.25) is 0 Å². The summed E-state index contributed by atoms with van der Waals surface area (Å²) in [5, 5.41) is 3.03. The first-order valence-corrected chi connectivity index (χ1v) is 7.56. The Morgan fingerprint density at radius 1 is 1.43 bits per heavy atom. The molecule has 1 aromatic carbocycles. The molecule has 0 spiro atoms. The molecule has 0 aromatic heterocycles. The van der Waals surface area contributed by atoms with Gasteiger partial charge in [0.25, 0.3) is 5.91 Å². The fourth-order valence-electron chi connectivity index (χ4n) is 2.71. The van der Waals surface area contributed by atoms with Gasteiger partial charge in [-0.05, 0) is 50.2 Å². The summed E-state index contributed by atoms with van der Waals surface area (Å²) in [5.74, 6) is 5.73. The van der Waals surface area contributed by atoms with Crippen molar-refractivity contribution in [3.05, 3.63) is 35.4 Å². The second-order valence-corrected chi connectivity index (χ2v) is 5.22. The normalized spacial score (nSPS) is 18.1. The van der Waals surface area contributed by atoms with Gasteiger partial charge in [-0.2, -0.15) is 0 Å². The zero-order valence-electron chi connectivity index (χ0n) is 12.6. The van der Waals surface area contributed by atoms with E-state index in [4.69, 9.17) is 5.73 Å². The number of likely N-dealkylation sites (tertiary alicyclic amines) is 1. The number of likely N-dealkylation sites (N-methyl/N-ethyl adjacent to an activating group) is 1. The zero-order chi connectivity index (χ0) is 15.1. The van der Waals surface area contributed by atoms with Gasteiger partial charge in [0.05, 0.1) is 6.54 Å². The molecule has 0 aliphatic carbocycles. The van der Waals surface area contributed by atoms with Crippen LogP contribution in [0.4, 0.5) is 0 Å². The van der Waals surface area contributed by atoms with Crippen molar-refractivity contribution < 1.29 is 4.79 Å². The standard InChI is InChI=1S/C17H23N3O/c1-2-20-12-4-6-16(20)13-19-17(21)15-9-7-14(8-10-15)5-3-11-18/h7-10,16H,2,4,6,11-13,18H2,1H3,(H,19,21). The minimum Gasteiger partial charge on any atom is -0.350 e. The second kappa shape index (κ2) is 7.82. The number of rotatable bonds is 4. The number of carbonyl (C=O) groups excluding carboxylic acids is 1. The summed E-state index contributed by atoms with van der Waals surface area (Å²) in [5.41, 5.74) is 6.89. The van der Waals surface area contributed by atoms with Crippen molar-refractivity contribution >= 4 is 5.91 Å². The van der Waals surface area contributed by atoms with Crippen molar-refractivity contribution in [3.8, 4) is 11.8 Å². The Kier molecular flexibility index (Phi) is 5.79. The van der Waals surface area contributed by atoms with Gasteiger partial charge in [0, 0.05) is 23.7 Å². The second-order valence-electron chi connectivity index (χ2n) is 5.22. The predicted molar refractivity (Wildman–Crippen MR) is 85.0 cm³/mol. The zero-order valence-corrected chi connectivity index (χ0v) is 12.6. The maximum Gasteiger partial charge on any atom is 0.251 e. The number of nitrogens with two attached hydrogens (primary N) is 1. The third-order valence-electron chi connectivity index (χ3n) is 3.89. The van der Waals surface area contributed by atoms with Crippen molar-refractivity contribution in [1.82, 2.24) is 10.2 Å². The van der Waals surface area contributed by atoms with E-state index >= 15 is 0 Å². The minimum absolute atomic E-state index is 0.0173. The average Bonchev–Trinajstić information content (AvgIpc) is 2.98. The van der Waals surface area contributed by atoms with Crippen LogP contribution in [0.1, 0.15) is 35.7 Å². The summed E-state index contributed by atoms with van der Waals surface area (Å²) in [4.78, 5) is 14.6. The summed E-state index contributed by atoms with van der Waals surface area (Å²) in [6.45, 7) is 5.43. The molecule has 1 saturated heterocycles. The molecule has 4 nitrogen and oxygen atoms in total. The molecule has 1 unspecified atom stereocenters. The largest absolute Gasteiger partial charge is 0.350 e. The molecule has 0 radical (unpaired) electrons. The van der Waals surface area contributed by atoms with Crippen LogP contribution in [0, 0.1) is 11.8 Å². The Morgan fingerprint density at radius 3 is 2.86 bits per heavy atom. The molecule has 1 heterocycles. The van der Waals surface area contributed by atoms with E-state index in [-0.39, 0.29) is 5.91 Å². The summed E-state index contributed by atoms with van der Waals surface area (Å²) >= 11 is 0. The van der Waals surface area contributed by atoms with E-state index in [0.29, 0.717) is 18.2 Å². The van der Waals surface area contributed by atoms with Gasteiger partial charge >= 0.3 is 0 Å². The number of carbonyl (C=O) groups is 1. The van der Waals surface area contributed by atoms with Crippen LogP contribution in [-0.4, -0.2) is 43.0 Å². The van der Waals surface area contributed by atoms with E-state index in [1.54, 1.807) is 0 Å². The summed E-state index contributed by atoms with van der Waals surface area (Å²) in [7, 11) is 0. The van der Waals surface area contributed by atoms with Gasteiger partial charge in [-0.25, -0.2) is 0 Å². The Labute approximate surface area is 126 Å². The average molecular weight is 285 g/mol. The van der Waals surface area contributed by atoms with Crippen molar-refractivity contribution in [2.24, 2.45) is 5.73 Å². The predicted octanol–water partition coefficient (Wildman–Crippen LogP) is 1.21. The highest BCUT2D eigenvalue weighted by molar-refractivity contribution is 5.94. The number of benzene rings is 1. The molecule has 21 heavy (non-hydrogen) atoms. The highest BCUT2D eigenvalue weighted by atomic mass is 16.1. The van der Waals surface area contributed by atoms with Crippen molar-refractivity contribution in [2.75, 3.05) is 26.2 Å². The van der Waals surface area contributed by atoms with Crippen LogP contribution in [0.5, 0.6) is 0 Å². The molecule has 2 rings (SSSR count). The molecule has 1 fully saturated rings. The lowest BCUT2D eigenvalue weighted by Gasteiger charge is -2.22. The number of amides is 1. The molecule has 0 bridgehead atoms. The minimum atomic E-state index is -0.0173. The number of nitrogens with one attached hydrogen (secondary N) is 1. The first kappa shape index (κ1) is 15.6. The first-order chi connectivity index (χ1) is 10.2. The SMILES string of the molecule is CCN1CCCC1CNC(=O)c1ccc(C#CCN)cc1. The van der Waals surface area contributed by atoms with Gasteiger partial charge in [0.1, 0.15) is 0 Å². The molecule has 1 aliphatic heterocycles. The van der Waals surface area contributed by atoms with Gasteiger partial charge in [-0.1, -0.05) is 18.8 Å². The van der Waals surface area contributed by atoms with E-state index in [1.807, 2.05) is 24.3 Å². The maximum absolute atomic E-state index is 12.1. The number of hydrogen-bond acceptors (Lipinski definition) is 3. The Hall–Kier alpha value is -1.83. The van der Waals surface area contributed by atoms with Gasteiger partial charge < -0.3 is 11.1 Å². The van der Waals surface area contributed by atoms with Gasteiger partial charge in [0.2, 0.25) is 0 Å². The third kappa shape index (κ3) is 4.32. The maximum atomic E-state index is 12.1. The van der Waals surface area contributed by atoms with E-state index in [1.165, 1.54) is 12.8 Å². The van der Waals surface area contributed by atoms with Crippen LogP contribution >= 0.6 is 0 Å².